The molecule has 3 aromatic rings. The van der Waals surface area contributed by atoms with Crippen LogP contribution in [-0.2, 0) is 0 Å². The molecule has 1 aromatic heterocycles. The van der Waals surface area contributed by atoms with Gasteiger partial charge >= 0.3 is 0 Å². The monoisotopic (exact) mass is 472 g/mol. The van der Waals surface area contributed by atoms with Crippen molar-refractivity contribution in [2.75, 3.05) is 0 Å². The summed E-state index contributed by atoms with van der Waals surface area (Å²) >= 11 is 11.9. The molecule has 20 heavy (non-hydrogen) atoms. The number of benzene rings is 2. The van der Waals surface area contributed by atoms with Crippen LogP contribution in [-0.4, -0.2) is 5.78 Å². The number of halogens is 3. The molecule has 0 unspecified atom stereocenters. The number of hydrogen-bond donors (Lipinski definition) is 0. The first-order chi connectivity index (χ1) is 9.56. The standard InChI is InChI=1S/C15H7Br3OS/c16-9-4-8(5-10(17)6-9)14(19)12-7-20-15-11(12)2-1-3-13(15)18/h1-7H. The van der Waals surface area contributed by atoms with Gasteiger partial charge in [0.15, 0.2) is 5.78 Å². The quantitative estimate of drug-likeness (QED) is 0.392. The van der Waals surface area contributed by atoms with E-state index in [4.69, 9.17) is 0 Å². The van der Waals surface area contributed by atoms with E-state index >= 15 is 0 Å². The van der Waals surface area contributed by atoms with E-state index in [0.717, 1.165) is 29.1 Å². The summed E-state index contributed by atoms with van der Waals surface area (Å²) in [5, 5.41) is 2.91. The molecule has 0 atom stereocenters. The number of carbonyl (C=O) groups excluding carboxylic acids is 1. The molecule has 1 heterocycles. The van der Waals surface area contributed by atoms with E-state index in [9.17, 15) is 4.79 Å². The highest BCUT2D eigenvalue weighted by molar-refractivity contribution is 9.11. The average Bonchev–Trinajstić information content (AvgIpc) is 2.82. The van der Waals surface area contributed by atoms with Crippen molar-refractivity contribution < 1.29 is 4.79 Å². The Labute approximate surface area is 145 Å². The minimum atomic E-state index is 0.0383. The molecule has 0 saturated carbocycles. The lowest BCUT2D eigenvalue weighted by atomic mass is 10.0. The zero-order valence-electron chi connectivity index (χ0n) is 9.99. The van der Waals surface area contributed by atoms with Gasteiger partial charge < -0.3 is 0 Å². The summed E-state index contributed by atoms with van der Waals surface area (Å²) in [6, 6.07) is 11.5. The molecule has 0 amide bonds. The summed E-state index contributed by atoms with van der Waals surface area (Å²) in [6.45, 7) is 0. The van der Waals surface area contributed by atoms with Crippen LogP contribution in [0.5, 0.6) is 0 Å². The van der Waals surface area contributed by atoms with E-state index in [2.05, 4.69) is 47.8 Å². The molecule has 100 valence electrons. The second-order valence-corrected chi connectivity index (χ2v) is 7.82. The minimum Gasteiger partial charge on any atom is -0.289 e. The fourth-order valence-electron chi connectivity index (χ4n) is 2.04. The maximum Gasteiger partial charge on any atom is 0.194 e. The number of thiophene rings is 1. The van der Waals surface area contributed by atoms with Crippen molar-refractivity contribution in [3.05, 3.63) is 66.3 Å². The molecular formula is C15H7Br3OS. The molecule has 0 saturated heterocycles. The average molecular weight is 475 g/mol. The van der Waals surface area contributed by atoms with E-state index < -0.39 is 0 Å². The summed E-state index contributed by atoms with van der Waals surface area (Å²) in [5.74, 6) is 0.0383. The smallest absolute Gasteiger partial charge is 0.194 e. The number of hydrogen-bond acceptors (Lipinski definition) is 2. The number of ketones is 1. The van der Waals surface area contributed by atoms with Gasteiger partial charge in [-0.3, -0.25) is 4.79 Å². The van der Waals surface area contributed by atoms with Gasteiger partial charge in [0.25, 0.3) is 0 Å². The summed E-state index contributed by atoms with van der Waals surface area (Å²) in [7, 11) is 0. The SMILES string of the molecule is O=C(c1cc(Br)cc(Br)c1)c1csc2c(Br)cccc12. The zero-order valence-corrected chi connectivity index (χ0v) is 15.6. The highest BCUT2D eigenvalue weighted by atomic mass is 79.9. The van der Waals surface area contributed by atoms with Crippen LogP contribution in [0.2, 0.25) is 0 Å². The van der Waals surface area contributed by atoms with Gasteiger partial charge in [0.1, 0.15) is 0 Å². The number of fused-ring (bicyclic) bond motifs is 1. The van der Waals surface area contributed by atoms with Gasteiger partial charge in [0.05, 0.1) is 0 Å². The first-order valence-electron chi connectivity index (χ1n) is 5.73. The van der Waals surface area contributed by atoms with E-state index in [0.29, 0.717) is 5.56 Å². The first-order valence-corrected chi connectivity index (χ1v) is 8.98. The third-order valence-electron chi connectivity index (χ3n) is 2.92. The lowest BCUT2D eigenvalue weighted by molar-refractivity contribution is 0.104. The topological polar surface area (TPSA) is 17.1 Å². The van der Waals surface area contributed by atoms with Gasteiger partial charge in [-0.15, -0.1) is 11.3 Å². The van der Waals surface area contributed by atoms with Crippen LogP contribution in [0.3, 0.4) is 0 Å². The summed E-state index contributed by atoms with van der Waals surface area (Å²) in [4.78, 5) is 12.7. The van der Waals surface area contributed by atoms with E-state index in [1.165, 1.54) is 0 Å². The number of rotatable bonds is 2. The van der Waals surface area contributed by atoms with Crippen molar-refractivity contribution in [2.45, 2.75) is 0 Å². The molecule has 2 aromatic carbocycles. The van der Waals surface area contributed by atoms with E-state index in [-0.39, 0.29) is 5.78 Å². The van der Waals surface area contributed by atoms with Crippen LogP contribution < -0.4 is 0 Å². The van der Waals surface area contributed by atoms with Gasteiger partial charge in [-0.1, -0.05) is 44.0 Å². The summed E-state index contributed by atoms with van der Waals surface area (Å²) in [5.41, 5.74) is 1.42. The van der Waals surface area contributed by atoms with Crippen LogP contribution >= 0.6 is 59.1 Å². The Balaban J connectivity index is 2.15. The molecule has 3 rings (SSSR count). The van der Waals surface area contributed by atoms with E-state index in [1.807, 2.05) is 41.8 Å². The molecule has 0 radical (unpaired) electrons. The van der Waals surface area contributed by atoms with Gasteiger partial charge in [-0.25, -0.2) is 0 Å². The summed E-state index contributed by atoms with van der Waals surface area (Å²) in [6.07, 6.45) is 0. The van der Waals surface area contributed by atoms with Crippen molar-refractivity contribution in [3.8, 4) is 0 Å². The van der Waals surface area contributed by atoms with Gasteiger partial charge in [-0.2, -0.15) is 0 Å². The molecule has 0 aliphatic rings. The molecule has 0 spiro atoms. The van der Waals surface area contributed by atoms with Crippen LogP contribution in [0, 0.1) is 0 Å². The Morgan fingerprint density at radius 3 is 2.40 bits per heavy atom. The predicted octanol–water partition coefficient (Wildman–Crippen LogP) is 6.42. The van der Waals surface area contributed by atoms with Crippen LogP contribution in [0.25, 0.3) is 10.1 Å². The third kappa shape index (κ3) is 2.64. The second-order valence-electron chi connectivity index (χ2n) is 4.25. The third-order valence-corrected chi connectivity index (χ3v) is 5.79. The highest BCUT2D eigenvalue weighted by Gasteiger charge is 2.16. The Bertz CT molecular complexity index is 803. The molecule has 0 aliphatic carbocycles. The van der Waals surface area contributed by atoms with Crippen molar-refractivity contribution >= 4 is 75.0 Å². The van der Waals surface area contributed by atoms with Crippen molar-refractivity contribution in [1.29, 1.82) is 0 Å². The maximum atomic E-state index is 12.7. The van der Waals surface area contributed by atoms with Crippen LogP contribution in [0.1, 0.15) is 15.9 Å². The highest BCUT2D eigenvalue weighted by Crippen LogP contribution is 2.34. The van der Waals surface area contributed by atoms with Crippen molar-refractivity contribution in [3.63, 3.8) is 0 Å². The first kappa shape index (κ1) is 14.4. The lowest BCUT2D eigenvalue weighted by Gasteiger charge is -2.03. The normalized spacial score (nSPS) is 10.9. The molecule has 1 nitrogen and oxygen atoms in total. The molecule has 0 aliphatic heterocycles. The Kier molecular flexibility index (Phi) is 4.13. The summed E-state index contributed by atoms with van der Waals surface area (Å²) < 4.78 is 3.89. The fourth-order valence-corrected chi connectivity index (χ4v) is 4.93. The largest absolute Gasteiger partial charge is 0.289 e. The van der Waals surface area contributed by atoms with Gasteiger partial charge in [-0.05, 0) is 40.2 Å². The van der Waals surface area contributed by atoms with Crippen LogP contribution in [0.4, 0.5) is 0 Å². The number of carbonyl (C=O) groups is 1. The molecule has 5 heteroatoms. The fraction of sp³-hybridized carbons (Fsp3) is 0. The molecular weight excluding hydrogens is 468 g/mol. The van der Waals surface area contributed by atoms with Crippen LogP contribution in [0.15, 0.2) is 55.2 Å². The lowest BCUT2D eigenvalue weighted by Crippen LogP contribution is -2.00. The molecule has 0 N–H and O–H groups in total. The maximum absolute atomic E-state index is 12.7. The zero-order chi connectivity index (χ0) is 14.3. The second kappa shape index (κ2) is 5.72. The Hall–Kier alpha value is -0.490. The van der Waals surface area contributed by atoms with Gasteiger partial charge in [0.2, 0.25) is 0 Å². The predicted molar refractivity (Wildman–Crippen MR) is 94.8 cm³/mol. The Morgan fingerprint density at radius 2 is 1.70 bits per heavy atom. The Morgan fingerprint density at radius 1 is 1.00 bits per heavy atom. The van der Waals surface area contributed by atoms with Crippen molar-refractivity contribution in [1.82, 2.24) is 0 Å². The van der Waals surface area contributed by atoms with Crippen molar-refractivity contribution in [2.24, 2.45) is 0 Å². The van der Waals surface area contributed by atoms with E-state index in [1.54, 1.807) is 11.3 Å². The van der Waals surface area contributed by atoms with Gasteiger partial charge in [0, 0.05) is 40.0 Å². The molecule has 0 fully saturated rings. The molecule has 0 bridgehead atoms. The minimum absolute atomic E-state index is 0.0383.